The molecule has 7 heteroatoms. The Labute approximate surface area is 115 Å². The topological polar surface area (TPSA) is 116 Å². The lowest BCUT2D eigenvalue weighted by Crippen LogP contribution is -2.60. The van der Waals surface area contributed by atoms with E-state index in [4.69, 9.17) is 14.6 Å². The largest absolute Gasteiger partial charge is 0.462 e. The number of rotatable bonds is 4. The predicted molar refractivity (Wildman–Crippen MR) is 66.2 cm³/mol. The molecular weight excluding hydrogens is 268 g/mol. The van der Waals surface area contributed by atoms with Gasteiger partial charge in [-0.1, -0.05) is 12.1 Å². The third kappa shape index (κ3) is 2.97. The molecule has 0 aliphatic carbocycles. The zero-order chi connectivity index (χ0) is 14.7. The Morgan fingerprint density at radius 1 is 1.20 bits per heavy atom. The Kier molecular flexibility index (Phi) is 4.69. The van der Waals surface area contributed by atoms with Gasteiger partial charge in [-0.25, -0.2) is 0 Å². The van der Waals surface area contributed by atoms with E-state index in [0.29, 0.717) is 11.8 Å². The molecule has 1 fully saturated rings. The summed E-state index contributed by atoms with van der Waals surface area (Å²) >= 11 is 0. The Morgan fingerprint density at radius 2 is 1.95 bits per heavy atom. The monoisotopic (exact) mass is 284 g/mol. The minimum atomic E-state index is -1.50. The zero-order valence-electron chi connectivity index (χ0n) is 10.5. The molecule has 1 aromatic rings. The Bertz CT molecular complexity index is 462. The summed E-state index contributed by atoms with van der Waals surface area (Å²) < 4.78 is 10.5. The van der Waals surface area contributed by atoms with E-state index in [1.54, 1.807) is 18.2 Å². The molecule has 0 spiro atoms. The van der Waals surface area contributed by atoms with Gasteiger partial charge >= 0.3 is 0 Å². The first-order chi connectivity index (χ1) is 9.56. The minimum absolute atomic E-state index is 0.263. The van der Waals surface area contributed by atoms with Crippen molar-refractivity contribution in [2.45, 2.75) is 30.7 Å². The highest BCUT2D eigenvalue weighted by atomic mass is 16.7. The number of benzene rings is 1. The second kappa shape index (κ2) is 6.29. The molecule has 1 aliphatic heterocycles. The maximum atomic E-state index is 10.7. The first kappa shape index (κ1) is 14.9. The lowest BCUT2D eigenvalue weighted by atomic mass is 9.99. The van der Waals surface area contributed by atoms with Gasteiger partial charge in [0.25, 0.3) is 0 Å². The van der Waals surface area contributed by atoms with Gasteiger partial charge in [-0.05, 0) is 12.1 Å². The molecule has 110 valence electrons. The highest BCUT2D eigenvalue weighted by molar-refractivity contribution is 5.75. The first-order valence-corrected chi connectivity index (χ1v) is 6.09. The van der Waals surface area contributed by atoms with Gasteiger partial charge in [0, 0.05) is 5.56 Å². The summed E-state index contributed by atoms with van der Waals surface area (Å²) in [6.07, 6.45) is -6.07. The van der Waals surface area contributed by atoms with Crippen LogP contribution < -0.4 is 4.74 Å². The average molecular weight is 284 g/mol. The Morgan fingerprint density at radius 3 is 2.60 bits per heavy atom. The molecule has 7 nitrogen and oxygen atoms in total. The Balaban J connectivity index is 2.12. The first-order valence-electron chi connectivity index (χ1n) is 6.09. The molecule has 1 aliphatic rings. The number of aliphatic hydroxyl groups excluding tert-OH is 4. The van der Waals surface area contributed by atoms with Crippen molar-refractivity contribution in [2.24, 2.45) is 0 Å². The highest BCUT2D eigenvalue weighted by Crippen LogP contribution is 2.24. The van der Waals surface area contributed by atoms with Crippen molar-refractivity contribution in [3.8, 4) is 5.75 Å². The van der Waals surface area contributed by atoms with Crippen molar-refractivity contribution in [2.75, 3.05) is 6.61 Å². The van der Waals surface area contributed by atoms with E-state index in [0.717, 1.165) is 0 Å². The summed E-state index contributed by atoms with van der Waals surface area (Å²) in [5.74, 6) is 0.263. The molecule has 2 rings (SSSR count). The lowest BCUT2D eigenvalue weighted by molar-refractivity contribution is -0.277. The number of aldehydes is 1. The fourth-order valence-corrected chi connectivity index (χ4v) is 1.96. The highest BCUT2D eigenvalue weighted by Gasteiger charge is 2.44. The average Bonchev–Trinajstić information content (AvgIpc) is 2.48. The maximum Gasteiger partial charge on any atom is 0.229 e. The number of aliphatic hydroxyl groups is 4. The van der Waals surface area contributed by atoms with Crippen molar-refractivity contribution in [1.82, 2.24) is 0 Å². The fourth-order valence-electron chi connectivity index (χ4n) is 1.96. The van der Waals surface area contributed by atoms with E-state index in [1.807, 2.05) is 0 Å². The number of hydrogen-bond donors (Lipinski definition) is 4. The molecule has 0 amide bonds. The van der Waals surface area contributed by atoms with Crippen LogP contribution in [-0.4, -0.2) is 64.0 Å². The van der Waals surface area contributed by atoms with Crippen molar-refractivity contribution < 1.29 is 34.7 Å². The van der Waals surface area contributed by atoms with Crippen LogP contribution in [-0.2, 0) is 4.74 Å². The second-order valence-electron chi connectivity index (χ2n) is 4.51. The van der Waals surface area contributed by atoms with Gasteiger partial charge in [0.15, 0.2) is 0 Å². The molecular formula is C13H16O7. The van der Waals surface area contributed by atoms with Gasteiger partial charge in [-0.3, -0.25) is 4.79 Å². The van der Waals surface area contributed by atoms with Crippen LogP contribution in [0.15, 0.2) is 24.3 Å². The molecule has 0 saturated carbocycles. The summed E-state index contributed by atoms with van der Waals surface area (Å²) in [6.45, 7) is -0.529. The van der Waals surface area contributed by atoms with E-state index in [1.165, 1.54) is 6.07 Å². The van der Waals surface area contributed by atoms with Gasteiger partial charge in [-0.2, -0.15) is 0 Å². The van der Waals surface area contributed by atoms with E-state index in [9.17, 15) is 20.1 Å². The van der Waals surface area contributed by atoms with Crippen LogP contribution in [0, 0.1) is 0 Å². The van der Waals surface area contributed by atoms with Gasteiger partial charge in [0.05, 0.1) is 6.61 Å². The Hall–Kier alpha value is -1.51. The lowest BCUT2D eigenvalue weighted by Gasteiger charge is -2.39. The van der Waals surface area contributed by atoms with Crippen LogP contribution in [0.25, 0.3) is 0 Å². The van der Waals surface area contributed by atoms with Crippen LogP contribution in [0.5, 0.6) is 5.75 Å². The molecule has 0 bridgehead atoms. The van der Waals surface area contributed by atoms with Crippen molar-refractivity contribution >= 4 is 6.29 Å². The summed E-state index contributed by atoms with van der Waals surface area (Å²) in [5.41, 5.74) is 0.382. The SMILES string of the molecule is O=Cc1cccc(O[C@H]2O[C@H](CO)[C@@H](O)[C@@H](O)[C@H]2O)c1. The number of carbonyl (C=O) groups excluding carboxylic acids is 1. The van der Waals surface area contributed by atoms with Gasteiger partial charge in [-0.15, -0.1) is 0 Å². The smallest absolute Gasteiger partial charge is 0.229 e. The number of hydrogen-bond acceptors (Lipinski definition) is 7. The zero-order valence-corrected chi connectivity index (χ0v) is 10.5. The van der Waals surface area contributed by atoms with Crippen molar-refractivity contribution in [1.29, 1.82) is 0 Å². The molecule has 1 aromatic carbocycles. The second-order valence-corrected chi connectivity index (χ2v) is 4.51. The summed E-state index contributed by atoms with van der Waals surface area (Å²) in [4.78, 5) is 10.7. The van der Waals surface area contributed by atoms with Gasteiger partial charge in [0.1, 0.15) is 36.5 Å². The summed E-state index contributed by atoms with van der Waals surface area (Å²) in [5, 5.41) is 38.1. The van der Waals surface area contributed by atoms with E-state index in [2.05, 4.69) is 0 Å². The van der Waals surface area contributed by atoms with Crippen LogP contribution in [0.4, 0.5) is 0 Å². The van der Waals surface area contributed by atoms with Gasteiger partial charge < -0.3 is 29.9 Å². The van der Waals surface area contributed by atoms with Crippen LogP contribution in [0.3, 0.4) is 0 Å². The van der Waals surface area contributed by atoms with Crippen molar-refractivity contribution in [3.05, 3.63) is 29.8 Å². The van der Waals surface area contributed by atoms with Crippen LogP contribution >= 0.6 is 0 Å². The minimum Gasteiger partial charge on any atom is -0.462 e. The predicted octanol–water partition coefficient (Wildman–Crippen LogP) is -1.32. The molecule has 4 N–H and O–H groups in total. The van der Waals surface area contributed by atoms with Gasteiger partial charge in [0.2, 0.25) is 6.29 Å². The number of carbonyl (C=O) groups is 1. The van der Waals surface area contributed by atoms with E-state index < -0.39 is 37.3 Å². The molecule has 0 aromatic heterocycles. The van der Waals surface area contributed by atoms with E-state index in [-0.39, 0.29) is 5.75 Å². The quantitative estimate of drug-likeness (QED) is 0.507. The fraction of sp³-hybridized carbons (Fsp3) is 0.462. The molecule has 0 unspecified atom stereocenters. The van der Waals surface area contributed by atoms with E-state index >= 15 is 0 Å². The third-order valence-electron chi connectivity index (χ3n) is 3.09. The number of ether oxygens (including phenoxy) is 2. The summed E-state index contributed by atoms with van der Waals surface area (Å²) in [6, 6.07) is 6.15. The molecule has 1 saturated heterocycles. The molecule has 1 heterocycles. The summed E-state index contributed by atoms with van der Waals surface area (Å²) in [7, 11) is 0. The molecule has 20 heavy (non-hydrogen) atoms. The van der Waals surface area contributed by atoms with Crippen LogP contribution in [0.2, 0.25) is 0 Å². The normalized spacial score (nSPS) is 33.7. The standard InChI is InChI=1S/C13H16O7/c14-5-7-2-1-3-8(4-7)19-13-12(18)11(17)10(16)9(6-15)20-13/h1-5,9-13,15-18H,6H2/t9-,10-,11-,12-,13+/m1/s1. The molecule has 0 radical (unpaired) electrons. The third-order valence-corrected chi connectivity index (χ3v) is 3.09. The maximum absolute atomic E-state index is 10.7. The van der Waals surface area contributed by atoms with Crippen molar-refractivity contribution in [3.63, 3.8) is 0 Å². The molecule has 5 atom stereocenters. The van der Waals surface area contributed by atoms with Crippen LogP contribution in [0.1, 0.15) is 10.4 Å².